The van der Waals surface area contributed by atoms with E-state index in [1.54, 1.807) is 24.3 Å². The predicted molar refractivity (Wildman–Crippen MR) is 116 cm³/mol. The number of fused-ring (bicyclic) bond motifs is 1. The van der Waals surface area contributed by atoms with Crippen LogP contribution >= 0.6 is 0 Å². The Kier molecular flexibility index (Phi) is 5.18. The lowest BCUT2D eigenvalue weighted by atomic mass is 10.0. The second kappa shape index (κ2) is 7.93. The Morgan fingerprint density at radius 3 is 2.38 bits per heavy atom. The van der Waals surface area contributed by atoms with Gasteiger partial charge in [-0.25, -0.2) is 0 Å². The third kappa shape index (κ3) is 4.22. The van der Waals surface area contributed by atoms with E-state index < -0.39 is 10.0 Å². The minimum Gasteiger partial charge on any atom is -0.361 e. The van der Waals surface area contributed by atoms with Crippen LogP contribution in [0.3, 0.4) is 0 Å². The summed E-state index contributed by atoms with van der Waals surface area (Å²) in [5, 5.41) is 5.41. The number of para-hydroxylation sites is 1. The van der Waals surface area contributed by atoms with Gasteiger partial charge in [0.25, 0.3) is 10.0 Å². The molecule has 0 fully saturated rings. The van der Waals surface area contributed by atoms with E-state index in [4.69, 9.17) is 0 Å². The highest BCUT2D eigenvalue weighted by atomic mass is 32.2. The van der Waals surface area contributed by atoms with E-state index in [2.05, 4.69) is 14.9 Å². The summed E-state index contributed by atoms with van der Waals surface area (Å²) in [5.74, 6) is 0. The van der Waals surface area contributed by atoms with Crippen molar-refractivity contribution in [3.63, 3.8) is 0 Å². The summed E-state index contributed by atoms with van der Waals surface area (Å²) >= 11 is 0. The summed E-state index contributed by atoms with van der Waals surface area (Å²) in [4.78, 5) is 5.85. The Morgan fingerprint density at radius 1 is 0.931 bits per heavy atom. The van der Waals surface area contributed by atoms with Gasteiger partial charge < -0.3 is 4.98 Å². The van der Waals surface area contributed by atoms with Crippen LogP contribution in [0.5, 0.6) is 0 Å². The van der Waals surface area contributed by atoms with Crippen LogP contribution in [0.1, 0.15) is 16.7 Å². The number of sulfonamides is 1. The van der Waals surface area contributed by atoms with Gasteiger partial charge in [0.2, 0.25) is 0 Å². The van der Waals surface area contributed by atoms with Crippen molar-refractivity contribution < 1.29 is 8.42 Å². The molecule has 4 aromatic rings. The smallest absolute Gasteiger partial charge is 0.276 e. The molecule has 146 valence electrons. The number of H-pyrrole nitrogens is 1. The first kappa shape index (κ1) is 19.0. The molecule has 0 aliphatic rings. The first-order valence-corrected chi connectivity index (χ1v) is 10.8. The van der Waals surface area contributed by atoms with Crippen molar-refractivity contribution >= 4 is 26.6 Å². The molecule has 6 heteroatoms. The van der Waals surface area contributed by atoms with E-state index in [1.807, 2.05) is 67.7 Å². The highest BCUT2D eigenvalue weighted by Crippen LogP contribution is 2.20. The fourth-order valence-corrected chi connectivity index (χ4v) is 4.01. The van der Waals surface area contributed by atoms with Gasteiger partial charge in [0.05, 0.1) is 10.6 Å². The van der Waals surface area contributed by atoms with Crippen LogP contribution in [0.4, 0.5) is 0 Å². The van der Waals surface area contributed by atoms with Crippen LogP contribution in [-0.4, -0.2) is 19.1 Å². The lowest BCUT2D eigenvalue weighted by Crippen LogP contribution is -2.21. The zero-order chi connectivity index (χ0) is 20.3. The summed E-state index contributed by atoms with van der Waals surface area (Å²) in [6.45, 7) is 1.91. The number of aromatic nitrogens is 1. The number of hydrazone groups is 1. The Labute approximate surface area is 170 Å². The molecule has 0 atom stereocenters. The third-order valence-corrected chi connectivity index (χ3v) is 6.00. The van der Waals surface area contributed by atoms with Gasteiger partial charge in [0.15, 0.2) is 0 Å². The summed E-state index contributed by atoms with van der Waals surface area (Å²) in [7, 11) is -3.75. The van der Waals surface area contributed by atoms with Crippen molar-refractivity contribution in [3.8, 4) is 0 Å². The maximum atomic E-state index is 12.7. The van der Waals surface area contributed by atoms with E-state index >= 15 is 0 Å². The lowest BCUT2D eigenvalue weighted by Gasteiger charge is -2.09. The number of nitrogens with zero attached hydrogens (tertiary/aromatic N) is 1. The topological polar surface area (TPSA) is 74.3 Å². The van der Waals surface area contributed by atoms with E-state index in [-0.39, 0.29) is 4.90 Å². The van der Waals surface area contributed by atoms with Crippen molar-refractivity contribution in [2.75, 3.05) is 0 Å². The molecular formula is C23H21N3O2S. The molecule has 0 bridgehead atoms. The molecule has 29 heavy (non-hydrogen) atoms. The van der Waals surface area contributed by atoms with Crippen molar-refractivity contribution in [2.24, 2.45) is 5.10 Å². The van der Waals surface area contributed by atoms with Gasteiger partial charge in [0.1, 0.15) is 0 Å². The summed E-state index contributed by atoms with van der Waals surface area (Å²) < 4.78 is 25.3. The first-order valence-electron chi connectivity index (χ1n) is 9.28. The van der Waals surface area contributed by atoms with Crippen molar-refractivity contribution in [2.45, 2.75) is 18.2 Å². The largest absolute Gasteiger partial charge is 0.361 e. The molecule has 5 nitrogen and oxygen atoms in total. The average Bonchev–Trinajstić information content (AvgIpc) is 3.15. The number of nitrogens with one attached hydrogen (secondary N) is 2. The van der Waals surface area contributed by atoms with Gasteiger partial charge in [-0.2, -0.15) is 18.4 Å². The normalized spacial score (nSPS) is 12.2. The molecule has 0 spiro atoms. The number of benzene rings is 3. The number of aromatic amines is 1. The maximum Gasteiger partial charge on any atom is 0.276 e. The van der Waals surface area contributed by atoms with E-state index in [0.29, 0.717) is 12.1 Å². The Balaban J connectivity index is 1.68. The fraction of sp³-hybridized carbons (Fsp3) is 0.0870. The first-order chi connectivity index (χ1) is 14.0. The standard InChI is InChI=1S/C23H21N3O2S/c1-17-11-13-20(14-12-17)29(27,28)26-25-23(18-7-3-2-4-8-18)15-19-16-24-22-10-6-5-9-21(19)22/h2-14,16,24,26H,15H2,1H3/b25-23-. The third-order valence-electron chi connectivity index (χ3n) is 4.77. The van der Waals surface area contributed by atoms with Gasteiger partial charge in [0, 0.05) is 23.5 Å². The highest BCUT2D eigenvalue weighted by Gasteiger charge is 2.15. The Hall–Kier alpha value is -3.38. The van der Waals surface area contributed by atoms with E-state index in [0.717, 1.165) is 27.6 Å². The van der Waals surface area contributed by atoms with Gasteiger partial charge in [-0.15, -0.1) is 0 Å². The van der Waals surface area contributed by atoms with Gasteiger partial charge in [-0.3, -0.25) is 0 Å². The molecular weight excluding hydrogens is 382 g/mol. The zero-order valence-corrected chi connectivity index (χ0v) is 16.8. The van der Waals surface area contributed by atoms with Crippen molar-refractivity contribution in [3.05, 3.63) is 102 Å². The van der Waals surface area contributed by atoms with Crippen LogP contribution in [0.25, 0.3) is 10.9 Å². The van der Waals surface area contributed by atoms with Crippen molar-refractivity contribution in [1.82, 2.24) is 9.82 Å². The molecule has 0 aliphatic carbocycles. The second-order valence-corrected chi connectivity index (χ2v) is 8.53. The maximum absolute atomic E-state index is 12.7. The molecule has 0 saturated carbocycles. The minimum absolute atomic E-state index is 0.186. The molecule has 0 saturated heterocycles. The van der Waals surface area contributed by atoms with Crippen molar-refractivity contribution in [1.29, 1.82) is 0 Å². The average molecular weight is 404 g/mol. The molecule has 2 N–H and O–H groups in total. The fourth-order valence-electron chi connectivity index (χ4n) is 3.18. The minimum atomic E-state index is -3.75. The Bertz CT molecular complexity index is 1260. The van der Waals surface area contributed by atoms with Crippen LogP contribution in [0.2, 0.25) is 0 Å². The molecule has 0 radical (unpaired) electrons. The molecule has 0 unspecified atom stereocenters. The van der Waals surface area contributed by atoms with Gasteiger partial charge in [-0.05, 0) is 36.2 Å². The van der Waals surface area contributed by atoms with Crippen LogP contribution < -0.4 is 4.83 Å². The molecule has 1 heterocycles. The van der Waals surface area contributed by atoms with E-state index in [9.17, 15) is 8.42 Å². The number of hydrogen-bond donors (Lipinski definition) is 2. The molecule has 0 amide bonds. The van der Waals surface area contributed by atoms with Crippen LogP contribution in [0, 0.1) is 6.92 Å². The van der Waals surface area contributed by atoms with Crippen LogP contribution in [-0.2, 0) is 16.4 Å². The lowest BCUT2D eigenvalue weighted by molar-refractivity contribution is 0.584. The van der Waals surface area contributed by atoms with Gasteiger partial charge >= 0.3 is 0 Å². The second-order valence-electron chi connectivity index (χ2n) is 6.87. The zero-order valence-electron chi connectivity index (χ0n) is 16.0. The molecule has 4 rings (SSSR count). The summed E-state index contributed by atoms with van der Waals surface area (Å²) in [6, 6.07) is 24.3. The monoisotopic (exact) mass is 403 g/mol. The quantitative estimate of drug-likeness (QED) is 0.370. The number of aryl methyl sites for hydroxylation is 1. The predicted octanol–water partition coefficient (Wildman–Crippen LogP) is 4.40. The number of rotatable bonds is 6. The molecule has 1 aromatic heterocycles. The molecule has 0 aliphatic heterocycles. The van der Waals surface area contributed by atoms with Crippen LogP contribution in [0.15, 0.2) is 95.1 Å². The van der Waals surface area contributed by atoms with E-state index in [1.165, 1.54) is 0 Å². The summed E-state index contributed by atoms with van der Waals surface area (Å²) in [6.07, 6.45) is 2.43. The number of hydrogen-bond acceptors (Lipinski definition) is 3. The molecule has 3 aromatic carbocycles. The highest BCUT2D eigenvalue weighted by molar-refractivity contribution is 7.89. The van der Waals surface area contributed by atoms with Gasteiger partial charge in [-0.1, -0.05) is 66.2 Å². The SMILES string of the molecule is Cc1ccc(S(=O)(=O)N/N=C(/Cc2c[nH]c3ccccc23)c2ccccc2)cc1. The Morgan fingerprint density at radius 2 is 1.62 bits per heavy atom. The summed E-state index contributed by atoms with van der Waals surface area (Å²) in [5.41, 5.74) is 4.60.